The number of nitrogens with zero attached hydrogens (tertiary/aromatic N) is 1. The minimum atomic E-state index is 0.320. The van der Waals surface area contributed by atoms with Gasteiger partial charge in [0, 0.05) is 11.7 Å². The van der Waals surface area contributed by atoms with Crippen molar-refractivity contribution in [1.29, 1.82) is 0 Å². The number of hydrogen-bond donors (Lipinski definition) is 1. The van der Waals surface area contributed by atoms with E-state index in [0.29, 0.717) is 24.3 Å². The quantitative estimate of drug-likeness (QED) is 0.748. The summed E-state index contributed by atoms with van der Waals surface area (Å²) in [6.07, 6.45) is 8.33. The van der Waals surface area contributed by atoms with Crippen molar-refractivity contribution in [3.8, 4) is 0 Å². The highest BCUT2D eigenvalue weighted by Crippen LogP contribution is 2.36. The van der Waals surface area contributed by atoms with E-state index < -0.39 is 0 Å². The van der Waals surface area contributed by atoms with Crippen LogP contribution in [-0.4, -0.2) is 29.9 Å². The number of piperidine rings is 1. The number of nitrogens with one attached hydrogen (secondary N) is 1. The molecule has 2 heterocycles. The molecule has 2 aliphatic heterocycles. The van der Waals surface area contributed by atoms with E-state index in [2.05, 4.69) is 29.3 Å². The second-order valence-corrected chi connectivity index (χ2v) is 5.45. The third-order valence-corrected chi connectivity index (χ3v) is 4.08. The van der Waals surface area contributed by atoms with Crippen LogP contribution in [0.1, 0.15) is 32.6 Å². The molecule has 3 rings (SSSR count). The molecule has 0 aromatic heterocycles. The summed E-state index contributed by atoms with van der Waals surface area (Å²) < 4.78 is 0. The fraction of sp³-hybridized carbons (Fsp3) is 0.643. The highest BCUT2D eigenvalue weighted by Gasteiger charge is 2.35. The molecule has 0 saturated carbocycles. The molecule has 0 aromatic rings. The largest absolute Gasteiger partial charge is 0.317 e. The van der Waals surface area contributed by atoms with E-state index >= 15 is 0 Å². The van der Waals surface area contributed by atoms with E-state index in [0.717, 1.165) is 32.4 Å². The third kappa shape index (κ3) is 1.93. The van der Waals surface area contributed by atoms with Gasteiger partial charge in [-0.25, -0.2) is 0 Å². The maximum absolute atomic E-state index is 12.2. The van der Waals surface area contributed by atoms with Gasteiger partial charge in [0.25, 0.3) is 0 Å². The Morgan fingerprint density at radius 1 is 1.35 bits per heavy atom. The predicted octanol–water partition coefficient (Wildman–Crippen LogP) is 1.82. The summed E-state index contributed by atoms with van der Waals surface area (Å²) in [5, 5.41) is 3.36. The molecule has 1 saturated heterocycles. The lowest BCUT2D eigenvalue weighted by atomic mass is 9.93. The van der Waals surface area contributed by atoms with E-state index in [4.69, 9.17) is 0 Å². The Morgan fingerprint density at radius 2 is 2.12 bits per heavy atom. The molecule has 0 bridgehead atoms. The van der Waals surface area contributed by atoms with Crippen LogP contribution < -0.4 is 5.32 Å². The molecule has 1 fully saturated rings. The molecular weight excluding hydrogens is 212 g/mol. The van der Waals surface area contributed by atoms with Gasteiger partial charge in [-0.3, -0.25) is 4.79 Å². The predicted molar refractivity (Wildman–Crippen MR) is 67.3 cm³/mol. The van der Waals surface area contributed by atoms with E-state index in [-0.39, 0.29) is 0 Å². The number of rotatable bonds is 1. The molecule has 3 heteroatoms. The van der Waals surface area contributed by atoms with Gasteiger partial charge in [-0.1, -0.05) is 13.0 Å². The van der Waals surface area contributed by atoms with Gasteiger partial charge in [0.1, 0.15) is 0 Å². The van der Waals surface area contributed by atoms with Crippen LogP contribution in [0.5, 0.6) is 0 Å². The van der Waals surface area contributed by atoms with Gasteiger partial charge in [0.15, 0.2) is 0 Å². The average molecular weight is 232 g/mol. The summed E-state index contributed by atoms with van der Waals surface area (Å²) >= 11 is 0. The van der Waals surface area contributed by atoms with Crippen molar-refractivity contribution in [2.75, 3.05) is 13.1 Å². The van der Waals surface area contributed by atoms with Crippen LogP contribution in [0.25, 0.3) is 0 Å². The maximum atomic E-state index is 12.2. The highest BCUT2D eigenvalue weighted by atomic mass is 16.2. The number of carbonyl (C=O) groups is 1. The summed E-state index contributed by atoms with van der Waals surface area (Å²) in [5.41, 5.74) is 2.59. The Bertz CT molecular complexity index is 391. The number of carbonyl (C=O) groups excluding carboxylic acids is 1. The summed E-state index contributed by atoms with van der Waals surface area (Å²) in [7, 11) is 0. The van der Waals surface area contributed by atoms with Crippen molar-refractivity contribution in [1.82, 2.24) is 10.2 Å². The first kappa shape index (κ1) is 11.0. The second-order valence-electron chi connectivity index (χ2n) is 5.45. The normalized spacial score (nSPS) is 30.1. The number of hydrogen-bond acceptors (Lipinski definition) is 2. The first-order valence-electron chi connectivity index (χ1n) is 6.68. The van der Waals surface area contributed by atoms with Crippen LogP contribution in [0, 0.1) is 5.92 Å². The summed E-state index contributed by atoms with van der Waals surface area (Å²) in [6, 6.07) is 0.425. The van der Waals surface area contributed by atoms with Crippen LogP contribution in [-0.2, 0) is 4.79 Å². The lowest BCUT2D eigenvalue weighted by Gasteiger charge is -2.33. The van der Waals surface area contributed by atoms with Crippen molar-refractivity contribution < 1.29 is 4.79 Å². The van der Waals surface area contributed by atoms with Crippen LogP contribution in [0.15, 0.2) is 23.4 Å². The van der Waals surface area contributed by atoms with Crippen LogP contribution in [0.2, 0.25) is 0 Å². The van der Waals surface area contributed by atoms with Gasteiger partial charge >= 0.3 is 0 Å². The first-order chi connectivity index (χ1) is 8.25. The van der Waals surface area contributed by atoms with Crippen molar-refractivity contribution in [3.05, 3.63) is 23.4 Å². The second kappa shape index (κ2) is 4.30. The zero-order valence-electron chi connectivity index (χ0n) is 10.4. The lowest BCUT2D eigenvalue weighted by Crippen LogP contribution is -2.43. The van der Waals surface area contributed by atoms with Gasteiger partial charge in [-0.05, 0) is 49.9 Å². The molecule has 0 radical (unpaired) electrons. The zero-order valence-corrected chi connectivity index (χ0v) is 10.4. The van der Waals surface area contributed by atoms with Crippen molar-refractivity contribution >= 4 is 5.91 Å². The highest BCUT2D eigenvalue weighted by molar-refractivity contribution is 5.85. The van der Waals surface area contributed by atoms with Gasteiger partial charge in [-0.2, -0.15) is 0 Å². The monoisotopic (exact) mass is 232 g/mol. The van der Waals surface area contributed by atoms with E-state index in [9.17, 15) is 4.79 Å². The van der Waals surface area contributed by atoms with E-state index in [1.165, 1.54) is 11.3 Å². The fourth-order valence-corrected chi connectivity index (χ4v) is 3.22. The van der Waals surface area contributed by atoms with Gasteiger partial charge < -0.3 is 10.2 Å². The first-order valence-corrected chi connectivity index (χ1v) is 6.68. The Balaban J connectivity index is 1.84. The minimum absolute atomic E-state index is 0.320. The van der Waals surface area contributed by atoms with Crippen molar-refractivity contribution in [3.63, 3.8) is 0 Å². The molecule has 1 atom stereocenters. The minimum Gasteiger partial charge on any atom is -0.317 e. The average Bonchev–Trinajstić information content (AvgIpc) is 2.65. The Labute approximate surface area is 103 Å². The number of amides is 1. The third-order valence-electron chi connectivity index (χ3n) is 4.08. The van der Waals surface area contributed by atoms with E-state index in [1.807, 2.05) is 0 Å². The number of allylic oxidation sites excluding steroid dienone is 2. The molecular formula is C14H20N2O. The standard InChI is InChI=1S/C14H20N2O/c1-10-2-3-13-11(8-10)9-14(17)16(13)12-4-6-15-7-5-12/h2-3,10,12,15H,4-9H2,1H3/t10-/m1/s1. The Morgan fingerprint density at radius 3 is 2.88 bits per heavy atom. The Kier molecular flexibility index (Phi) is 2.79. The summed E-state index contributed by atoms with van der Waals surface area (Å²) in [6.45, 7) is 4.30. The van der Waals surface area contributed by atoms with E-state index in [1.54, 1.807) is 0 Å². The molecule has 1 amide bonds. The molecule has 1 N–H and O–H groups in total. The summed E-state index contributed by atoms with van der Waals surface area (Å²) in [4.78, 5) is 14.3. The molecule has 0 spiro atoms. The molecule has 3 nitrogen and oxygen atoms in total. The molecule has 0 unspecified atom stereocenters. The van der Waals surface area contributed by atoms with Crippen LogP contribution in [0.3, 0.4) is 0 Å². The molecule has 17 heavy (non-hydrogen) atoms. The Hall–Kier alpha value is -1.09. The van der Waals surface area contributed by atoms with Gasteiger partial charge in [-0.15, -0.1) is 0 Å². The maximum Gasteiger partial charge on any atom is 0.231 e. The smallest absolute Gasteiger partial charge is 0.231 e. The van der Waals surface area contributed by atoms with Gasteiger partial charge in [0.05, 0.1) is 6.42 Å². The van der Waals surface area contributed by atoms with Crippen molar-refractivity contribution in [2.24, 2.45) is 5.92 Å². The molecule has 0 aromatic carbocycles. The van der Waals surface area contributed by atoms with Gasteiger partial charge in [0.2, 0.25) is 5.91 Å². The summed E-state index contributed by atoms with van der Waals surface area (Å²) in [5.74, 6) is 0.912. The fourth-order valence-electron chi connectivity index (χ4n) is 3.22. The topological polar surface area (TPSA) is 32.3 Å². The van der Waals surface area contributed by atoms with Crippen LogP contribution >= 0.6 is 0 Å². The lowest BCUT2D eigenvalue weighted by molar-refractivity contribution is -0.129. The molecule has 3 aliphatic rings. The SMILES string of the molecule is C[C@@H]1C=CC2=C(CC(=O)N2C2CCNCC2)C1. The molecule has 1 aliphatic carbocycles. The zero-order chi connectivity index (χ0) is 11.8. The van der Waals surface area contributed by atoms with Crippen molar-refractivity contribution in [2.45, 2.75) is 38.6 Å². The molecule has 92 valence electrons. The van der Waals surface area contributed by atoms with Crippen LogP contribution in [0.4, 0.5) is 0 Å².